The molecule has 1 aliphatic heterocycles. The van der Waals surface area contributed by atoms with Crippen LogP contribution in [0.1, 0.15) is 66.7 Å². The summed E-state index contributed by atoms with van der Waals surface area (Å²) < 4.78 is 0. The van der Waals surface area contributed by atoms with Crippen molar-refractivity contribution in [3.8, 4) is 0 Å². The van der Waals surface area contributed by atoms with E-state index < -0.39 is 0 Å². The highest BCUT2D eigenvalue weighted by molar-refractivity contribution is 5.79. The maximum Gasteiger partial charge on any atom is 0.225 e. The van der Waals surface area contributed by atoms with E-state index in [1.807, 2.05) is 0 Å². The van der Waals surface area contributed by atoms with Crippen LogP contribution in [0.25, 0.3) is 0 Å². The van der Waals surface area contributed by atoms with Crippen molar-refractivity contribution in [1.29, 1.82) is 0 Å². The van der Waals surface area contributed by atoms with Crippen molar-refractivity contribution in [2.45, 2.75) is 72.8 Å². The zero-order chi connectivity index (χ0) is 13.6. The van der Waals surface area contributed by atoms with Crippen molar-refractivity contribution in [1.82, 2.24) is 4.90 Å². The van der Waals surface area contributed by atoms with E-state index in [9.17, 15) is 4.79 Å². The van der Waals surface area contributed by atoms with E-state index in [0.717, 1.165) is 19.4 Å². The fourth-order valence-electron chi connectivity index (χ4n) is 4.59. The molecule has 0 radical (unpaired) electrons. The molecular weight excluding hydrogens is 222 g/mol. The summed E-state index contributed by atoms with van der Waals surface area (Å²) in [6.45, 7) is 12.4. The summed E-state index contributed by atoms with van der Waals surface area (Å²) in [5.41, 5.74) is 0.773. The first-order chi connectivity index (χ1) is 8.30. The number of carbonyl (C=O) groups is 1. The van der Waals surface area contributed by atoms with Gasteiger partial charge < -0.3 is 4.90 Å². The Morgan fingerprint density at radius 1 is 1.22 bits per heavy atom. The minimum Gasteiger partial charge on any atom is -0.339 e. The molecule has 1 saturated heterocycles. The number of likely N-dealkylation sites (tertiary alicyclic amines) is 1. The third-order valence-electron chi connectivity index (χ3n) is 5.03. The van der Waals surface area contributed by atoms with Gasteiger partial charge in [0.05, 0.1) is 0 Å². The Morgan fingerprint density at radius 2 is 1.83 bits per heavy atom. The quantitative estimate of drug-likeness (QED) is 0.746. The molecule has 2 aliphatic rings. The van der Waals surface area contributed by atoms with Crippen LogP contribution in [0.3, 0.4) is 0 Å². The van der Waals surface area contributed by atoms with Crippen LogP contribution in [0.4, 0.5) is 0 Å². The fourth-order valence-corrected chi connectivity index (χ4v) is 4.59. The van der Waals surface area contributed by atoms with E-state index in [1.54, 1.807) is 0 Å². The average molecular weight is 251 g/mol. The van der Waals surface area contributed by atoms with Gasteiger partial charge in [0, 0.05) is 18.5 Å². The van der Waals surface area contributed by atoms with Crippen molar-refractivity contribution in [3.05, 3.63) is 0 Å². The Morgan fingerprint density at radius 3 is 2.39 bits per heavy atom. The normalized spacial score (nSPS) is 34.1. The first-order valence-corrected chi connectivity index (χ1v) is 7.61. The number of rotatable bonds is 3. The maximum atomic E-state index is 12.6. The van der Waals surface area contributed by atoms with Gasteiger partial charge in [0.15, 0.2) is 0 Å². The standard InChI is InChI=1S/C16H29NO/c1-6-12(7-2)14(18)17-11-16(5)9-13(17)8-15(3,4)10-16/h12-13H,6-11H2,1-5H3. The Balaban J connectivity index is 2.15. The summed E-state index contributed by atoms with van der Waals surface area (Å²) in [7, 11) is 0. The van der Waals surface area contributed by atoms with E-state index in [4.69, 9.17) is 0 Å². The lowest BCUT2D eigenvalue weighted by Gasteiger charge is -2.39. The van der Waals surface area contributed by atoms with Crippen molar-refractivity contribution in [2.75, 3.05) is 6.54 Å². The Kier molecular flexibility index (Phi) is 3.50. The summed E-state index contributed by atoms with van der Waals surface area (Å²) in [6.07, 6.45) is 5.65. The Hall–Kier alpha value is -0.530. The highest BCUT2D eigenvalue weighted by Gasteiger charge is 2.51. The first kappa shape index (κ1) is 13.9. The van der Waals surface area contributed by atoms with E-state index in [-0.39, 0.29) is 5.92 Å². The monoisotopic (exact) mass is 251 g/mol. The van der Waals surface area contributed by atoms with Crippen LogP contribution in [0, 0.1) is 16.7 Å². The van der Waals surface area contributed by atoms with Gasteiger partial charge in [0.1, 0.15) is 0 Å². The van der Waals surface area contributed by atoms with E-state index in [0.29, 0.717) is 22.8 Å². The zero-order valence-corrected chi connectivity index (χ0v) is 12.8. The molecule has 2 nitrogen and oxygen atoms in total. The van der Waals surface area contributed by atoms with Gasteiger partial charge in [-0.3, -0.25) is 4.79 Å². The lowest BCUT2D eigenvalue weighted by molar-refractivity contribution is -0.137. The van der Waals surface area contributed by atoms with E-state index >= 15 is 0 Å². The van der Waals surface area contributed by atoms with Gasteiger partial charge in [-0.2, -0.15) is 0 Å². The molecule has 2 unspecified atom stereocenters. The van der Waals surface area contributed by atoms with Crippen molar-refractivity contribution in [2.24, 2.45) is 16.7 Å². The second kappa shape index (κ2) is 4.54. The molecule has 1 amide bonds. The molecule has 2 fully saturated rings. The molecular formula is C16H29NO. The molecule has 2 heteroatoms. The molecule has 2 bridgehead atoms. The first-order valence-electron chi connectivity index (χ1n) is 7.61. The van der Waals surface area contributed by atoms with Gasteiger partial charge in [0.2, 0.25) is 5.91 Å². The third kappa shape index (κ3) is 2.44. The number of fused-ring (bicyclic) bond motifs is 2. The summed E-state index contributed by atoms with van der Waals surface area (Å²) >= 11 is 0. The molecule has 1 heterocycles. The highest BCUT2D eigenvalue weighted by Crippen LogP contribution is 2.52. The SMILES string of the molecule is CCC(CC)C(=O)N1CC2(C)CC1CC(C)(C)C2. The summed E-state index contributed by atoms with van der Waals surface area (Å²) in [6, 6.07) is 0.506. The Labute approximate surface area is 112 Å². The lowest BCUT2D eigenvalue weighted by atomic mass is 9.65. The van der Waals surface area contributed by atoms with Gasteiger partial charge in [0.25, 0.3) is 0 Å². The number of hydrogen-bond donors (Lipinski definition) is 0. The van der Waals surface area contributed by atoms with Crippen LogP contribution in [0.5, 0.6) is 0 Å². The number of hydrogen-bond acceptors (Lipinski definition) is 1. The molecule has 0 aromatic heterocycles. The molecule has 104 valence electrons. The molecule has 1 aliphatic carbocycles. The zero-order valence-electron chi connectivity index (χ0n) is 12.8. The predicted molar refractivity (Wildman–Crippen MR) is 75.3 cm³/mol. The van der Waals surface area contributed by atoms with Gasteiger partial charge in [-0.15, -0.1) is 0 Å². The Bertz CT molecular complexity index is 332. The minimum absolute atomic E-state index is 0.246. The molecule has 18 heavy (non-hydrogen) atoms. The minimum atomic E-state index is 0.246. The van der Waals surface area contributed by atoms with Crippen molar-refractivity contribution in [3.63, 3.8) is 0 Å². The summed E-state index contributed by atoms with van der Waals surface area (Å²) in [5, 5.41) is 0. The number of nitrogens with zero attached hydrogens (tertiary/aromatic N) is 1. The molecule has 0 N–H and O–H groups in total. The highest BCUT2D eigenvalue weighted by atomic mass is 16.2. The van der Waals surface area contributed by atoms with E-state index in [2.05, 4.69) is 39.5 Å². The second-order valence-electron chi connectivity index (χ2n) is 7.69. The molecule has 2 atom stereocenters. The van der Waals surface area contributed by atoms with Crippen LogP contribution < -0.4 is 0 Å². The van der Waals surface area contributed by atoms with Crippen LogP contribution >= 0.6 is 0 Å². The third-order valence-corrected chi connectivity index (χ3v) is 5.03. The average Bonchev–Trinajstić information content (AvgIpc) is 2.49. The molecule has 0 aromatic carbocycles. The lowest BCUT2D eigenvalue weighted by Crippen LogP contribution is -2.40. The van der Waals surface area contributed by atoms with Gasteiger partial charge in [-0.1, -0.05) is 34.6 Å². The van der Waals surface area contributed by atoms with Crippen LogP contribution in [0.15, 0.2) is 0 Å². The van der Waals surface area contributed by atoms with Crippen LogP contribution in [0.2, 0.25) is 0 Å². The van der Waals surface area contributed by atoms with Gasteiger partial charge in [-0.05, 0) is 42.9 Å². The van der Waals surface area contributed by atoms with Crippen LogP contribution in [-0.2, 0) is 4.79 Å². The van der Waals surface area contributed by atoms with E-state index in [1.165, 1.54) is 19.3 Å². The number of amides is 1. The topological polar surface area (TPSA) is 20.3 Å². The largest absolute Gasteiger partial charge is 0.339 e. The van der Waals surface area contributed by atoms with Gasteiger partial charge in [-0.25, -0.2) is 0 Å². The van der Waals surface area contributed by atoms with Crippen LogP contribution in [-0.4, -0.2) is 23.4 Å². The second-order valence-corrected chi connectivity index (χ2v) is 7.69. The molecule has 2 rings (SSSR count). The smallest absolute Gasteiger partial charge is 0.225 e. The van der Waals surface area contributed by atoms with Gasteiger partial charge >= 0.3 is 0 Å². The molecule has 0 spiro atoms. The van der Waals surface area contributed by atoms with Crippen molar-refractivity contribution >= 4 is 5.91 Å². The number of carbonyl (C=O) groups excluding carboxylic acids is 1. The molecule has 0 aromatic rings. The maximum absolute atomic E-state index is 12.6. The molecule has 1 saturated carbocycles. The predicted octanol–water partition coefficient (Wildman–Crippen LogP) is 3.85. The van der Waals surface area contributed by atoms with Crippen molar-refractivity contribution < 1.29 is 4.79 Å². The fraction of sp³-hybridized carbons (Fsp3) is 0.938. The summed E-state index contributed by atoms with van der Waals surface area (Å²) in [4.78, 5) is 14.9. The summed E-state index contributed by atoms with van der Waals surface area (Å²) in [5.74, 6) is 0.669.